The number of halogens is 1. The molecule has 1 aliphatic rings. The van der Waals surface area contributed by atoms with Gasteiger partial charge in [0.05, 0.1) is 4.90 Å². The fourth-order valence-corrected chi connectivity index (χ4v) is 4.83. The van der Waals surface area contributed by atoms with E-state index in [0.29, 0.717) is 24.4 Å². The summed E-state index contributed by atoms with van der Waals surface area (Å²) in [6.07, 6.45) is 1.47. The van der Waals surface area contributed by atoms with Crippen molar-refractivity contribution < 1.29 is 12.8 Å². The lowest BCUT2D eigenvalue weighted by molar-refractivity contribution is 0.391. The minimum Gasteiger partial charge on any atom is -0.358 e. The van der Waals surface area contributed by atoms with E-state index < -0.39 is 10.0 Å². The zero-order chi connectivity index (χ0) is 17.6. The minimum absolute atomic E-state index is 0.299. The summed E-state index contributed by atoms with van der Waals surface area (Å²) in [5.41, 5.74) is 3.76. The Labute approximate surface area is 146 Å². The molecule has 0 fully saturated rings. The Kier molecular flexibility index (Phi) is 3.89. The predicted octanol–water partition coefficient (Wildman–Crippen LogP) is 3.62. The summed E-state index contributed by atoms with van der Waals surface area (Å²) < 4.78 is 40.9. The molecule has 130 valence electrons. The maximum Gasteiger partial charge on any atom is 0.243 e. The van der Waals surface area contributed by atoms with E-state index in [-0.39, 0.29) is 5.82 Å². The first-order chi connectivity index (χ1) is 12.0. The molecule has 2 aromatic carbocycles. The summed E-state index contributed by atoms with van der Waals surface area (Å²) in [5, 5.41) is 0.887. The predicted molar refractivity (Wildman–Crippen MR) is 95.4 cm³/mol. The van der Waals surface area contributed by atoms with Gasteiger partial charge in [0, 0.05) is 36.1 Å². The number of sulfonamides is 1. The Bertz CT molecular complexity index is 1040. The van der Waals surface area contributed by atoms with Crippen LogP contribution in [0, 0.1) is 5.82 Å². The van der Waals surface area contributed by atoms with Crippen molar-refractivity contribution >= 4 is 20.9 Å². The lowest BCUT2D eigenvalue weighted by Crippen LogP contribution is -2.35. The molecule has 6 heteroatoms. The Morgan fingerprint density at radius 3 is 2.64 bits per heavy atom. The molecule has 0 bridgehead atoms. The molecular weight excluding hydrogens is 339 g/mol. The first-order valence-electron chi connectivity index (χ1n) is 8.37. The molecule has 0 radical (unpaired) electrons. The van der Waals surface area contributed by atoms with Crippen molar-refractivity contribution in [3.8, 4) is 0 Å². The van der Waals surface area contributed by atoms with Crippen LogP contribution in [-0.2, 0) is 29.4 Å². The van der Waals surface area contributed by atoms with E-state index in [9.17, 15) is 12.8 Å². The molecule has 0 atom stereocenters. The molecule has 1 N–H and O–H groups in total. The lowest BCUT2D eigenvalue weighted by atomic mass is 10.1. The van der Waals surface area contributed by atoms with Crippen molar-refractivity contribution in [2.24, 2.45) is 0 Å². The molecule has 1 aliphatic heterocycles. The molecule has 0 spiro atoms. The topological polar surface area (TPSA) is 53.2 Å². The number of nitrogens with one attached hydrogen (secondary N) is 1. The molecule has 0 aliphatic carbocycles. The molecule has 4 nitrogen and oxygen atoms in total. The second kappa shape index (κ2) is 5.97. The number of H-pyrrole nitrogens is 1. The van der Waals surface area contributed by atoms with E-state index in [1.165, 1.54) is 16.4 Å². The minimum atomic E-state index is -3.54. The quantitative estimate of drug-likeness (QED) is 0.777. The fourth-order valence-electron chi connectivity index (χ4n) is 3.42. The molecule has 0 unspecified atom stereocenters. The van der Waals surface area contributed by atoms with E-state index in [2.05, 4.69) is 4.98 Å². The maximum atomic E-state index is 13.4. The highest BCUT2D eigenvalue weighted by molar-refractivity contribution is 7.89. The van der Waals surface area contributed by atoms with E-state index in [0.717, 1.165) is 34.1 Å². The highest BCUT2D eigenvalue weighted by Gasteiger charge is 2.30. The second-order valence-corrected chi connectivity index (χ2v) is 8.30. The van der Waals surface area contributed by atoms with Crippen LogP contribution in [0.25, 0.3) is 10.9 Å². The Morgan fingerprint density at radius 1 is 1.16 bits per heavy atom. The summed E-state index contributed by atoms with van der Waals surface area (Å²) in [5.74, 6) is -0.299. The van der Waals surface area contributed by atoms with Crippen molar-refractivity contribution in [3.63, 3.8) is 0 Å². The second-order valence-electron chi connectivity index (χ2n) is 6.36. The van der Waals surface area contributed by atoms with Gasteiger partial charge in [0.25, 0.3) is 0 Å². The molecule has 0 saturated carbocycles. The van der Waals surface area contributed by atoms with Gasteiger partial charge >= 0.3 is 0 Å². The highest BCUT2D eigenvalue weighted by Crippen LogP contribution is 2.31. The summed E-state index contributed by atoms with van der Waals surface area (Å²) in [7, 11) is -3.54. The summed E-state index contributed by atoms with van der Waals surface area (Å²) in [6, 6.07) is 11.6. The van der Waals surface area contributed by atoms with Gasteiger partial charge in [-0.3, -0.25) is 0 Å². The van der Waals surface area contributed by atoms with Crippen molar-refractivity contribution in [3.05, 3.63) is 65.1 Å². The Morgan fingerprint density at radius 2 is 1.92 bits per heavy atom. The van der Waals surface area contributed by atoms with Crippen molar-refractivity contribution in [1.29, 1.82) is 0 Å². The van der Waals surface area contributed by atoms with Crippen LogP contribution in [0.4, 0.5) is 4.39 Å². The zero-order valence-corrected chi connectivity index (χ0v) is 14.7. The SMILES string of the molecule is CCc1ccc(S(=O)(=O)N2CCc3[nH]c4cc(F)ccc4c3C2)cc1. The van der Waals surface area contributed by atoms with Gasteiger partial charge in [-0.2, -0.15) is 4.31 Å². The smallest absolute Gasteiger partial charge is 0.243 e. The standard InChI is InChI=1S/C19H19FN2O2S/c1-2-13-3-6-15(7-4-13)25(23,24)22-10-9-18-17(12-22)16-8-5-14(20)11-19(16)21-18/h3-8,11,21H,2,9-10,12H2,1H3. The maximum absolute atomic E-state index is 13.4. The molecular formula is C19H19FN2O2S. The van der Waals surface area contributed by atoms with Gasteiger partial charge < -0.3 is 4.98 Å². The first-order valence-corrected chi connectivity index (χ1v) is 9.81. The number of aromatic amines is 1. The third-order valence-corrected chi connectivity index (χ3v) is 6.73. The molecule has 0 saturated heterocycles. The fraction of sp³-hybridized carbons (Fsp3) is 0.263. The van der Waals surface area contributed by atoms with Crippen LogP contribution in [0.1, 0.15) is 23.7 Å². The summed E-state index contributed by atoms with van der Waals surface area (Å²) in [4.78, 5) is 3.54. The van der Waals surface area contributed by atoms with E-state index in [4.69, 9.17) is 0 Å². The molecule has 25 heavy (non-hydrogen) atoms. The molecule has 1 aromatic heterocycles. The third-order valence-electron chi connectivity index (χ3n) is 4.87. The third kappa shape index (κ3) is 2.75. The highest BCUT2D eigenvalue weighted by atomic mass is 32.2. The van der Waals surface area contributed by atoms with Gasteiger partial charge in [0.1, 0.15) is 5.82 Å². The monoisotopic (exact) mass is 358 g/mol. The number of rotatable bonds is 3. The molecule has 2 heterocycles. The van der Waals surface area contributed by atoms with E-state index >= 15 is 0 Å². The number of hydrogen-bond donors (Lipinski definition) is 1. The van der Waals surface area contributed by atoms with Gasteiger partial charge in [0.2, 0.25) is 10.0 Å². The number of fused-ring (bicyclic) bond motifs is 3. The van der Waals surface area contributed by atoms with Gasteiger partial charge in [0.15, 0.2) is 0 Å². The molecule has 4 rings (SSSR count). The van der Waals surface area contributed by atoms with Gasteiger partial charge in [-0.05, 0) is 47.9 Å². The summed E-state index contributed by atoms with van der Waals surface area (Å²) >= 11 is 0. The van der Waals surface area contributed by atoms with Crippen molar-refractivity contribution in [1.82, 2.24) is 9.29 Å². The average Bonchev–Trinajstić information content (AvgIpc) is 2.98. The van der Waals surface area contributed by atoms with Crippen LogP contribution in [-0.4, -0.2) is 24.3 Å². The average molecular weight is 358 g/mol. The largest absolute Gasteiger partial charge is 0.358 e. The van der Waals surface area contributed by atoms with Crippen LogP contribution < -0.4 is 0 Å². The number of aryl methyl sites for hydroxylation is 1. The number of benzene rings is 2. The molecule has 3 aromatic rings. The van der Waals surface area contributed by atoms with Crippen LogP contribution in [0.2, 0.25) is 0 Å². The van der Waals surface area contributed by atoms with Gasteiger partial charge in [-0.25, -0.2) is 12.8 Å². The van der Waals surface area contributed by atoms with Crippen molar-refractivity contribution in [2.75, 3.05) is 6.54 Å². The zero-order valence-electron chi connectivity index (χ0n) is 13.9. The van der Waals surface area contributed by atoms with E-state index in [1.807, 2.05) is 19.1 Å². The Hall–Kier alpha value is -2.18. The lowest BCUT2D eigenvalue weighted by Gasteiger charge is -2.26. The number of hydrogen-bond acceptors (Lipinski definition) is 2. The number of nitrogens with zero attached hydrogens (tertiary/aromatic N) is 1. The summed E-state index contributed by atoms with van der Waals surface area (Å²) in [6.45, 7) is 2.76. The normalized spacial score (nSPS) is 15.4. The molecule has 0 amide bonds. The van der Waals surface area contributed by atoms with Crippen molar-refractivity contribution in [2.45, 2.75) is 31.2 Å². The van der Waals surface area contributed by atoms with Crippen LogP contribution >= 0.6 is 0 Å². The van der Waals surface area contributed by atoms with Gasteiger partial charge in [-0.15, -0.1) is 0 Å². The van der Waals surface area contributed by atoms with Crippen LogP contribution in [0.3, 0.4) is 0 Å². The van der Waals surface area contributed by atoms with Crippen LogP contribution in [0.15, 0.2) is 47.4 Å². The van der Waals surface area contributed by atoms with Crippen LogP contribution in [0.5, 0.6) is 0 Å². The van der Waals surface area contributed by atoms with E-state index in [1.54, 1.807) is 18.2 Å². The number of aromatic nitrogens is 1. The van der Waals surface area contributed by atoms with Gasteiger partial charge in [-0.1, -0.05) is 19.1 Å². The first kappa shape index (κ1) is 16.3. The Balaban J connectivity index is 1.70.